The maximum atomic E-state index is 12.0. The maximum Gasteiger partial charge on any atom is 0.331 e. The summed E-state index contributed by atoms with van der Waals surface area (Å²) in [6, 6.07) is -0.285. The van der Waals surface area contributed by atoms with E-state index in [1.54, 1.807) is 6.92 Å². The summed E-state index contributed by atoms with van der Waals surface area (Å²) in [5, 5.41) is 2.87. The van der Waals surface area contributed by atoms with Gasteiger partial charge < -0.3 is 14.8 Å². The zero-order valence-corrected chi connectivity index (χ0v) is 14.3. The quantitative estimate of drug-likeness (QED) is 0.573. The molecule has 0 aromatic rings. The Balaban J connectivity index is 4.45. The van der Waals surface area contributed by atoms with Gasteiger partial charge in [-0.2, -0.15) is 0 Å². The Hall–Kier alpha value is -1.85. The summed E-state index contributed by atoms with van der Waals surface area (Å²) in [5.41, 5.74) is -0.513. The van der Waals surface area contributed by atoms with Gasteiger partial charge in [0.1, 0.15) is 6.61 Å². The summed E-state index contributed by atoms with van der Waals surface area (Å²) in [6.07, 6.45) is 2.03. The molecule has 6 nitrogen and oxygen atoms in total. The highest BCUT2D eigenvalue weighted by atomic mass is 16.5. The number of rotatable bonds is 7. The second-order valence-electron chi connectivity index (χ2n) is 6.29. The molecule has 0 heterocycles. The van der Waals surface area contributed by atoms with Crippen LogP contribution in [0, 0.1) is 11.3 Å². The zero-order chi connectivity index (χ0) is 17.3. The number of hydrogen-bond donors (Lipinski definition) is 1. The van der Waals surface area contributed by atoms with Crippen LogP contribution in [-0.4, -0.2) is 37.1 Å². The third-order valence-electron chi connectivity index (χ3n) is 2.85. The first-order valence-electron chi connectivity index (χ1n) is 7.40. The normalized spacial score (nSPS) is 13.0. The summed E-state index contributed by atoms with van der Waals surface area (Å²) in [4.78, 5) is 34.6. The number of amides is 1. The molecule has 0 saturated heterocycles. The molecule has 0 aromatic heterocycles. The van der Waals surface area contributed by atoms with E-state index in [1.807, 2.05) is 34.6 Å². The first-order chi connectivity index (χ1) is 10.1. The predicted molar refractivity (Wildman–Crippen MR) is 83.0 cm³/mol. The monoisotopic (exact) mass is 313 g/mol. The second kappa shape index (κ2) is 9.23. The molecule has 0 aliphatic carbocycles. The Morgan fingerprint density at radius 3 is 1.95 bits per heavy atom. The van der Waals surface area contributed by atoms with Crippen LogP contribution in [0.3, 0.4) is 0 Å². The number of ether oxygens (including phenoxy) is 2. The molecule has 0 bridgehead atoms. The van der Waals surface area contributed by atoms with Crippen LogP contribution in [-0.2, 0) is 23.9 Å². The SMILES string of the molecule is CCOC(=O)/C=C/C(=O)OC[C@@H](NC(=O)C(C)(C)C)C(C)C. The molecule has 0 aromatic carbocycles. The van der Waals surface area contributed by atoms with E-state index in [0.29, 0.717) is 0 Å². The molecule has 1 atom stereocenters. The number of carbonyl (C=O) groups is 3. The van der Waals surface area contributed by atoms with Crippen molar-refractivity contribution in [3.05, 3.63) is 12.2 Å². The van der Waals surface area contributed by atoms with Crippen LogP contribution >= 0.6 is 0 Å². The maximum absolute atomic E-state index is 12.0. The van der Waals surface area contributed by atoms with Crippen molar-refractivity contribution < 1.29 is 23.9 Å². The van der Waals surface area contributed by atoms with Crippen molar-refractivity contribution >= 4 is 17.8 Å². The van der Waals surface area contributed by atoms with Crippen LogP contribution in [0.25, 0.3) is 0 Å². The predicted octanol–water partition coefficient (Wildman–Crippen LogP) is 1.84. The van der Waals surface area contributed by atoms with Gasteiger partial charge in [-0.05, 0) is 12.8 Å². The molecular weight excluding hydrogens is 286 g/mol. The van der Waals surface area contributed by atoms with Gasteiger partial charge in [0, 0.05) is 17.6 Å². The zero-order valence-electron chi connectivity index (χ0n) is 14.3. The van der Waals surface area contributed by atoms with E-state index in [-0.39, 0.29) is 31.1 Å². The lowest BCUT2D eigenvalue weighted by Crippen LogP contribution is -2.46. The summed E-state index contributed by atoms with van der Waals surface area (Å²) in [7, 11) is 0. The minimum Gasteiger partial charge on any atom is -0.463 e. The number of nitrogens with one attached hydrogen (secondary N) is 1. The molecule has 0 unspecified atom stereocenters. The van der Waals surface area contributed by atoms with Crippen molar-refractivity contribution in [3.63, 3.8) is 0 Å². The van der Waals surface area contributed by atoms with Gasteiger partial charge in [-0.15, -0.1) is 0 Å². The topological polar surface area (TPSA) is 81.7 Å². The van der Waals surface area contributed by atoms with Crippen molar-refractivity contribution in [1.82, 2.24) is 5.32 Å². The molecular formula is C16H27NO5. The van der Waals surface area contributed by atoms with Crippen molar-refractivity contribution in [2.24, 2.45) is 11.3 Å². The van der Waals surface area contributed by atoms with E-state index in [2.05, 4.69) is 10.1 Å². The fourth-order valence-electron chi connectivity index (χ4n) is 1.33. The van der Waals surface area contributed by atoms with E-state index in [9.17, 15) is 14.4 Å². The van der Waals surface area contributed by atoms with Crippen molar-refractivity contribution in [2.75, 3.05) is 13.2 Å². The number of hydrogen-bond acceptors (Lipinski definition) is 5. The van der Waals surface area contributed by atoms with Gasteiger partial charge in [-0.1, -0.05) is 34.6 Å². The molecule has 0 saturated carbocycles. The molecule has 0 radical (unpaired) electrons. The highest BCUT2D eigenvalue weighted by Gasteiger charge is 2.26. The van der Waals surface area contributed by atoms with Crippen LogP contribution in [0.15, 0.2) is 12.2 Å². The summed E-state index contributed by atoms with van der Waals surface area (Å²) >= 11 is 0. The summed E-state index contributed by atoms with van der Waals surface area (Å²) < 4.78 is 9.71. The molecule has 0 spiro atoms. The van der Waals surface area contributed by atoms with Crippen molar-refractivity contribution in [1.29, 1.82) is 0 Å². The highest BCUT2D eigenvalue weighted by molar-refractivity contribution is 5.91. The Kier molecular flexibility index (Phi) is 8.45. The van der Waals surface area contributed by atoms with Gasteiger partial charge in [-0.3, -0.25) is 4.79 Å². The molecule has 6 heteroatoms. The van der Waals surface area contributed by atoms with Gasteiger partial charge in [0.15, 0.2) is 0 Å². The van der Waals surface area contributed by atoms with Crippen molar-refractivity contribution in [2.45, 2.75) is 47.6 Å². The molecule has 0 aliphatic rings. The van der Waals surface area contributed by atoms with Gasteiger partial charge in [0.2, 0.25) is 5.91 Å². The van der Waals surface area contributed by atoms with E-state index in [4.69, 9.17) is 4.74 Å². The third kappa shape index (κ3) is 8.44. The van der Waals surface area contributed by atoms with Crippen LogP contribution in [0.5, 0.6) is 0 Å². The van der Waals surface area contributed by atoms with Gasteiger partial charge >= 0.3 is 11.9 Å². The average Bonchev–Trinajstić information content (AvgIpc) is 2.39. The van der Waals surface area contributed by atoms with Crippen LogP contribution in [0.4, 0.5) is 0 Å². The smallest absolute Gasteiger partial charge is 0.331 e. The fraction of sp³-hybridized carbons (Fsp3) is 0.688. The van der Waals surface area contributed by atoms with Crippen molar-refractivity contribution in [3.8, 4) is 0 Å². The number of carbonyl (C=O) groups excluding carboxylic acids is 3. The Labute approximate surface area is 132 Å². The fourth-order valence-corrected chi connectivity index (χ4v) is 1.33. The molecule has 126 valence electrons. The minimum absolute atomic E-state index is 0.0471. The minimum atomic E-state index is -0.649. The third-order valence-corrected chi connectivity index (χ3v) is 2.85. The highest BCUT2D eigenvalue weighted by Crippen LogP contribution is 2.14. The first-order valence-corrected chi connectivity index (χ1v) is 7.40. The van der Waals surface area contributed by atoms with Gasteiger partial charge in [0.05, 0.1) is 12.6 Å². The van der Waals surface area contributed by atoms with Crippen LogP contribution in [0.2, 0.25) is 0 Å². The molecule has 0 rings (SSSR count). The Bertz CT molecular complexity index is 421. The second-order valence-corrected chi connectivity index (χ2v) is 6.29. The lowest BCUT2D eigenvalue weighted by molar-refractivity contribution is -0.141. The first kappa shape index (κ1) is 20.1. The van der Waals surface area contributed by atoms with Crippen LogP contribution < -0.4 is 5.32 Å². The summed E-state index contributed by atoms with van der Waals surface area (Å²) in [6.45, 7) is 11.3. The van der Waals surface area contributed by atoms with E-state index >= 15 is 0 Å². The molecule has 0 aliphatic heterocycles. The van der Waals surface area contributed by atoms with Gasteiger partial charge in [0.25, 0.3) is 0 Å². The van der Waals surface area contributed by atoms with E-state index < -0.39 is 17.4 Å². The molecule has 22 heavy (non-hydrogen) atoms. The average molecular weight is 313 g/mol. The molecule has 1 N–H and O–H groups in total. The molecule has 0 fully saturated rings. The van der Waals surface area contributed by atoms with E-state index in [1.165, 1.54) is 0 Å². The summed E-state index contributed by atoms with van der Waals surface area (Å²) in [5.74, 6) is -1.25. The lowest BCUT2D eigenvalue weighted by atomic mass is 9.94. The Morgan fingerprint density at radius 1 is 1.05 bits per heavy atom. The van der Waals surface area contributed by atoms with E-state index in [0.717, 1.165) is 12.2 Å². The lowest BCUT2D eigenvalue weighted by Gasteiger charge is -2.26. The number of esters is 2. The Morgan fingerprint density at radius 2 is 1.55 bits per heavy atom. The van der Waals surface area contributed by atoms with Gasteiger partial charge in [-0.25, -0.2) is 9.59 Å². The van der Waals surface area contributed by atoms with Crippen LogP contribution in [0.1, 0.15) is 41.5 Å². The largest absolute Gasteiger partial charge is 0.463 e. The molecule has 1 amide bonds. The standard InChI is InChI=1S/C16H27NO5/c1-7-21-13(18)8-9-14(19)22-10-12(11(2)3)17-15(20)16(4,5)6/h8-9,11-12H,7,10H2,1-6H3,(H,17,20)/b9-8+/t12-/m1/s1.